The Balaban J connectivity index is 0.000000190. The minimum absolute atomic E-state index is 0. The monoisotopic (exact) mass is 634 g/mol. The third-order valence-corrected chi connectivity index (χ3v) is 6.80. The van der Waals surface area contributed by atoms with Gasteiger partial charge < -0.3 is 10.2 Å². The van der Waals surface area contributed by atoms with E-state index in [9.17, 15) is 20.2 Å². The van der Waals surface area contributed by atoms with Crippen LogP contribution in [0, 0.1) is 34.1 Å². The summed E-state index contributed by atoms with van der Waals surface area (Å²) in [6, 6.07) is 19.8. The molecular weight excluding hydrogens is 600 g/mol. The number of phenolic OH excluding ortho intramolecular Hbond substituents is 2. The molecule has 0 saturated carbocycles. The Kier molecular flexibility index (Phi) is 13.6. The SMILES string of the molecule is Cc1cc2c([cH-]1)CCCC2.Cc1cc2c([cH-]1)CCCC2.O=[N+]([O-])c1cccc(O)c1.O=[N+]([O-])c1cccc(O)c1.[Zr+2]. The summed E-state index contributed by atoms with van der Waals surface area (Å²) in [5.41, 5.74) is 9.17. The van der Waals surface area contributed by atoms with Gasteiger partial charge in [0.15, 0.2) is 0 Å². The molecule has 0 atom stereocenters. The molecule has 0 amide bonds. The van der Waals surface area contributed by atoms with Crippen molar-refractivity contribution in [1.82, 2.24) is 0 Å². The van der Waals surface area contributed by atoms with Crippen LogP contribution in [-0.2, 0) is 51.9 Å². The molecule has 0 radical (unpaired) electrons. The smallest absolute Gasteiger partial charge is 0.508 e. The van der Waals surface area contributed by atoms with Crippen molar-refractivity contribution in [3.63, 3.8) is 0 Å². The van der Waals surface area contributed by atoms with Crippen molar-refractivity contribution >= 4 is 11.4 Å². The number of benzene rings is 2. The van der Waals surface area contributed by atoms with Gasteiger partial charge in [-0.1, -0.05) is 77.3 Å². The van der Waals surface area contributed by atoms with Crippen LogP contribution in [0.2, 0.25) is 0 Å². The first-order valence-electron chi connectivity index (χ1n) is 13.5. The normalized spacial score (nSPS) is 12.7. The van der Waals surface area contributed by atoms with Crippen LogP contribution in [0.25, 0.3) is 0 Å². The third-order valence-electron chi connectivity index (χ3n) is 6.80. The molecular formula is C32H36N2O6Zr. The summed E-state index contributed by atoms with van der Waals surface area (Å²) in [6.07, 6.45) is 10.9. The second-order valence-electron chi connectivity index (χ2n) is 10.1. The van der Waals surface area contributed by atoms with Gasteiger partial charge in [0.2, 0.25) is 0 Å². The minimum Gasteiger partial charge on any atom is -0.508 e. The molecule has 8 nitrogen and oxygen atoms in total. The van der Waals surface area contributed by atoms with Crippen molar-refractivity contribution in [1.29, 1.82) is 0 Å². The van der Waals surface area contributed by atoms with Crippen LogP contribution in [0.5, 0.6) is 11.5 Å². The molecule has 2 aliphatic rings. The van der Waals surface area contributed by atoms with Crippen molar-refractivity contribution in [2.24, 2.45) is 0 Å². The summed E-state index contributed by atoms with van der Waals surface area (Å²) < 4.78 is 0. The molecule has 41 heavy (non-hydrogen) atoms. The number of rotatable bonds is 2. The molecule has 0 saturated heterocycles. The largest absolute Gasteiger partial charge is 2.00 e. The zero-order valence-electron chi connectivity index (χ0n) is 23.5. The van der Waals surface area contributed by atoms with Crippen LogP contribution in [0.3, 0.4) is 0 Å². The molecule has 0 heterocycles. The number of aryl methyl sites for hydroxylation is 6. The first-order valence-corrected chi connectivity index (χ1v) is 13.5. The second-order valence-corrected chi connectivity index (χ2v) is 10.1. The van der Waals surface area contributed by atoms with E-state index in [0.717, 1.165) is 12.1 Å². The molecule has 0 aromatic heterocycles. The third kappa shape index (κ3) is 11.1. The van der Waals surface area contributed by atoms with Crippen molar-refractivity contribution in [3.05, 3.63) is 126 Å². The maximum absolute atomic E-state index is 10.0. The Hall–Kier alpha value is -3.58. The Bertz CT molecular complexity index is 1270. The predicted octanol–water partition coefficient (Wildman–Crippen LogP) is 7.78. The van der Waals surface area contributed by atoms with Gasteiger partial charge in [-0.25, -0.2) is 12.1 Å². The number of hydrogen-bond donors (Lipinski definition) is 2. The Labute approximate surface area is 259 Å². The van der Waals surface area contributed by atoms with Crippen LogP contribution in [-0.4, -0.2) is 20.1 Å². The van der Waals surface area contributed by atoms with Gasteiger partial charge in [-0.3, -0.25) is 20.2 Å². The van der Waals surface area contributed by atoms with E-state index in [0.29, 0.717) is 0 Å². The van der Waals surface area contributed by atoms with E-state index < -0.39 is 9.85 Å². The molecule has 2 aliphatic carbocycles. The summed E-state index contributed by atoms with van der Waals surface area (Å²) in [4.78, 5) is 19.0. The number of fused-ring (bicyclic) bond motifs is 2. The van der Waals surface area contributed by atoms with Gasteiger partial charge in [0.25, 0.3) is 11.4 Å². The number of nitrogens with zero attached hydrogens (tertiary/aromatic N) is 2. The van der Waals surface area contributed by atoms with Gasteiger partial charge in [0.1, 0.15) is 11.5 Å². The van der Waals surface area contributed by atoms with Crippen molar-refractivity contribution in [3.8, 4) is 11.5 Å². The predicted molar refractivity (Wildman–Crippen MR) is 156 cm³/mol. The van der Waals surface area contributed by atoms with Crippen molar-refractivity contribution in [2.45, 2.75) is 65.2 Å². The quantitative estimate of drug-likeness (QED) is 0.132. The molecule has 2 N–H and O–H groups in total. The molecule has 0 spiro atoms. The van der Waals surface area contributed by atoms with Gasteiger partial charge in [-0.05, 0) is 12.1 Å². The zero-order valence-corrected chi connectivity index (χ0v) is 26.0. The number of non-ortho nitro benzene ring substituents is 2. The molecule has 0 aliphatic heterocycles. The van der Waals surface area contributed by atoms with E-state index >= 15 is 0 Å². The van der Waals surface area contributed by atoms with E-state index in [1.165, 1.54) is 98.9 Å². The second kappa shape index (κ2) is 16.6. The molecule has 214 valence electrons. The van der Waals surface area contributed by atoms with E-state index in [2.05, 4.69) is 38.1 Å². The topological polar surface area (TPSA) is 127 Å². The summed E-state index contributed by atoms with van der Waals surface area (Å²) in [5.74, 6) is -0.177. The van der Waals surface area contributed by atoms with Crippen LogP contribution in [0.4, 0.5) is 11.4 Å². The van der Waals surface area contributed by atoms with Gasteiger partial charge in [0, 0.05) is 12.1 Å². The molecule has 9 heteroatoms. The number of aromatic hydroxyl groups is 2. The standard InChI is InChI=1S/2C10H13.2C6H5NO3.Zr/c2*1-8-6-9-4-2-3-5-10(9)7-8;2*8-6-3-1-2-5(4-6)7(9)10;/h2*6-7H,2-5H2,1H3;2*1-4,8H;/q2*-1;;;+2. The van der Waals surface area contributed by atoms with Crippen LogP contribution in [0.1, 0.15) is 59.1 Å². The zero-order chi connectivity index (χ0) is 29.1. The van der Waals surface area contributed by atoms with E-state index in [4.69, 9.17) is 10.2 Å². The van der Waals surface area contributed by atoms with Gasteiger partial charge in [-0.15, -0.1) is 0 Å². The van der Waals surface area contributed by atoms with E-state index in [-0.39, 0.29) is 49.1 Å². The van der Waals surface area contributed by atoms with Crippen LogP contribution >= 0.6 is 0 Å². The molecule has 0 bridgehead atoms. The summed E-state index contributed by atoms with van der Waals surface area (Å²) in [7, 11) is 0. The number of nitro groups is 2. The average Bonchev–Trinajstić information content (AvgIpc) is 3.50. The number of nitro benzene ring substituents is 2. The van der Waals surface area contributed by atoms with Gasteiger partial charge in [-0.2, -0.15) is 45.5 Å². The Morgan fingerprint density at radius 3 is 1.29 bits per heavy atom. The van der Waals surface area contributed by atoms with Crippen LogP contribution in [0.15, 0.2) is 72.8 Å². The molecule has 4 aromatic rings. The van der Waals surface area contributed by atoms with Gasteiger partial charge >= 0.3 is 26.2 Å². The summed E-state index contributed by atoms with van der Waals surface area (Å²) in [5, 5.41) is 37.6. The number of phenols is 2. The van der Waals surface area contributed by atoms with E-state index in [1.807, 2.05) is 0 Å². The Morgan fingerprint density at radius 2 is 1.00 bits per heavy atom. The van der Waals surface area contributed by atoms with Crippen molar-refractivity contribution in [2.75, 3.05) is 0 Å². The number of hydrogen-bond acceptors (Lipinski definition) is 6. The van der Waals surface area contributed by atoms with Gasteiger partial charge in [0.05, 0.1) is 22.0 Å². The fraction of sp³-hybridized carbons (Fsp3) is 0.312. The summed E-state index contributed by atoms with van der Waals surface area (Å²) >= 11 is 0. The molecule has 4 aromatic carbocycles. The maximum Gasteiger partial charge on any atom is 2.00 e. The molecule has 6 rings (SSSR count). The molecule has 0 unspecified atom stereocenters. The van der Waals surface area contributed by atoms with Crippen LogP contribution < -0.4 is 0 Å². The first kappa shape index (κ1) is 33.6. The summed E-state index contributed by atoms with van der Waals surface area (Å²) in [6.45, 7) is 4.39. The Morgan fingerprint density at radius 1 is 0.634 bits per heavy atom. The maximum atomic E-state index is 10.0. The van der Waals surface area contributed by atoms with Crippen molar-refractivity contribution < 1.29 is 46.3 Å². The fourth-order valence-electron chi connectivity index (χ4n) is 4.96. The first-order chi connectivity index (χ1) is 19.1. The molecule has 0 fully saturated rings. The van der Waals surface area contributed by atoms with E-state index in [1.54, 1.807) is 22.3 Å². The minimum atomic E-state index is -0.556. The average molecular weight is 636 g/mol. The fourth-order valence-corrected chi connectivity index (χ4v) is 4.96.